The zero-order chi connectivity index (χ0) is 21.9. The maximum atomic E-state index is 14.1. The molecule has 1 aliphatic rings. The summed E-state index contributed by atoms with van der Waals surface area (Å²) in [6.45, 7) is 2.72. The molecule has 1 aromatic heterocycles. The number of benzene rings is 3. The van der Waals surface area contributed by atoms with E-state index in [1.807, 2.05) is 88.4 Å². The summed E-state index contributed by atoms with van der Waals surface area (Å²) < 4.78 is 1.95. The molecule has 4 heteroatoms. The van der Waals surface area contributed by atoms with E-state index in [0.29, 0.717) is 12.6 Å². The molecule has 0 spiro atoms. The van der Waals surface area contributed by atoms with Crippen molar-refractivity contribution in [1.82, 2.24) is 14.7 Å². The molecule has 5 rings (SSSR count). The lowest BCUT2D eigenvalue weighted by atomic mass is 10.0. The molecule has 1 amide bonds. The summed E-state index contributed by atoms with van der Waals surface area (Å²) in [5.74, 6) is 0.0780. The van der Waals surface area contributed by atoms with Crippen molar-refractivity contribution in [2.75, 3.05) is 0 Å². The predicted octanol–water partition coefficient (Wildman–Crippen LogP) is 5.91. The molecule has 0 unspecified atom stereocenters. The number of hydrogen-bond acceptors (Lipinski definition) is 2. The zero-order valence-electron chi connectivity index (χ0n) is 18.3. The van der Waals surface area contributed by atoms with E-state index in [-0.39, 0.29) is 5.91 Å². The Kier molecular flexibility index (Phi) is 5.59. The van der Waals surface area contributed by atoms with Crippen LogP contribution in [0.15, 0.2) is 91.0 Å². The molecule has 1 fully saturated rings. The molecule has 0 radical (unpaired) electrons. The molecule has 32 heavy (non-hydrogen) atoms. The summed E-state index contributed by atoms with van der Waals surface area (Å²) >= 11 is 0. The lowest BCUT2D eigenvalue weighted by molar-refractivity contribution is 0.0729. The van der Waals surface area contributed by atoms with Crippen molar-refractivity contribution in [2.24, 2.45) is 0 Å². The molecule has 0 aliphatic heterocycles. The van der Waals surface area contributed by atoms with Crippen LogP contribution < -0.4 is 0 Å². The molecular weight excluding hydrogens is 394 g/mol. The van der Waals surface area contributed by atoms with Crippen LogP contribution in [-0.2, 0) is 13.0 Å². The second kappa shape index (κ2) is 8.83. The van der Waals surface area contributed by atoms with Gasteiger partial charge in [-0.1, -0.05) is 85.8 Å². The average molecular weight is 422 g/mol. The fourth-order valence-corrected chi connectivity index (χ4v) is 4.26. The van der Waals surface area contributed by atoms with Gasteiger partial charge < -0.3 is 4.90 Å². The average Bonchev–Trinajstić information content (AvgIpc) is 3.62. The zero-order valence-corrected chi connectivity index (χ0v) is 18.3. The molecule has 0 N–H and O–H groups in total. The van der Waals surface area contributed by atoms with Crippen LogP contribution in [0.1, 0.15) is 41.4 Å². The lowest BCUT2D eigenvalue weighted by Gasteiger charge is -2.23. The van der Waals surface area contributed by atoms with Gasteiger partial charge in [-0.15, -0.1) is 0 Å². The monoisotopic (exact) mass is 421 g/mol. The van der Waals surface area contributed by atoms with Crippen molar-refractivity contribution >= 4 is 5.91 Å². The van der Waals surface area contributed by atoms with Crippen molar-refractivity contribution in [2.45, 2.75) is 38.8 Å². The Hall–Kier alpha value is -3.66. The summed E-state index contributed by atoms with van der Waals surface area (Å²) in [6.07, 6.45) is 2.85. The van der Waals surface area contributed by atoms with Crippen LogP contribution in [0.3, 0.4) is 0 Å². The number of nitrogens with zero attached hydrogens (tertiary/aromatic N) is 3. The summed E-state index contributed by atoms with van der Waals surface area (Å²) in [5, 5.41) is 4.98. The summed E-state index contributed by atoms with van der Waals surface area (Å²) in [7, 11) is 0. The van der Waals surface area contributed by atoms with Crippen molar-refractivity contribution in [3.8, 4) is 16.9 Å². The van der Waals surface area contributed by atoms with Crippen LogP contribution >= 0.6 is 0 Å². The molecule has 0 saturated heterocycles. The Morgan fingerprint density at radius 2 is 1.50 bits per heavy atom. The Labute approximate surface area is 189 Å². The largest absolute Gasteiger partial charge is 0.331 e. The standard InChI is InChI=1S/C28H27N3O/c1-2-25-26(28(32)30(23-18-19-23)20-21-12-6-3-7-13-21)27(22-14-8-4-9-15-22)29-31(25)24-16-10-5-11-17-24/h3-17,23H,2,18-20H2,1H3. The number of carbonyl (C=O) groups excluding carboxylic acids is 1. The van der Waals surface area contributed by atoms with E-state index in [1.54, 1.807) is 0 Å². The molecule has 160 valence electrons. The first-order valence-electron chi connectivity index (χ1n) is 11.3. The van der Waals surface area contributed by atoms with E-state index < -0.39 is 0 Å². The van der Waals surface area contributed by atoms with Crippen LogP contribution in [-0.4, -0.2) is 26.6 Å². The first-order chi connectivity index (χ1) is 15.8. The number of rotatable bonds is 7. The Morgan fingerprint density at radius 1 is 0.906 bits per heavy atom. The Morgan fingerprint density at radius 3 is 2.09 bits per heavy atom. The normalized spacial score (nSPS) is 13.2. The molecule has 1 aliphatic carbocycles. The van der Waals surface area contributed by atoms with E-state index in [0.717, 1.165) is 53.0 Å². The van der Waals surface area contributed by atoms with Gasteiger partial charge in [0.25, 0.3) is 5.91 Å². The fraction of sp³-hybridized carbons (Fsp3) is 0.214. The molecule has 4 aromatic rings. The van der Waals surface area contributed by atoms with Gasteiger partial charge in [-0.2, -0.15) is 5.10 Å². The first kappa shape index (κ1) is 20.3. The highest BCUT2D eigenvalue weighted by atomic mass is 16.2. The van der Waals surface area contributed by atoms with Gasteiger partial charge in [-0.3, -0.25) is 4.79 Å². The van der Waals surface area contributed by atoms with Gasteiger partial charge in [-0.05, 0) is 37.0 Å². The highest BCUT2D eigenvalue weighted by molar-refractivity contribution is 6.01. The van der Waals surface area contributed by atoms with Gasteiger partial charge >= 0.3 is 0 Å². The minimum Gasteiger partial charge on any atom is -0.331 e. The summed E-state index contributed by atoms with van der Waals surface area (Å²) in [5.41, 5.74) is 5.54. The molecule has 3 aromatic carbocycles. The van der Waals surface area contributed by atoms with Crippen molar-refractivity contribution in [1.29, 1.82) is 0 Å². The minimum absolute atomic E-state index is 0.0780. The predicted molar refractivity (Wildman–Crippen MR) is 128 cm³/mol. The second-order valence-corrected chi connectivity index (χ2v) is 8.29. The van der Waals surface area contributed by atoms with Crippen LogP contribution in [0.5, 0.6) is 0 Å². The van der Waals surface area contributed by atoms with Crippen LogP contribution in [0, 0.1) is 0 Å². The van der Waals surface area contributed by atoms with Crippen LogP contribution in [0.2, 0.25) is 0 Å². The van der Waals surface area contributed by atoms with Gasteiger partial charge in [-0.25, -0.2) is 4.68 Å². The quantitative estimate of drug-likeness (QED) is 0.372. The molecule has 1 saturated carbocycles. The van der Waals surface area contributed by atoms with Gasteiger partial charge in [0.1, 0.15) is 5.69 Å². The highest BCUT2D eigenvalue weighted by Crippen LogP contribution is 2.34. The maximum absolute atomic E-state index is 14.1. The molecule has 0 atom stereocenters. The summed E-state index contributed by atoms with van der Waals surface area (Å²) in [6, 6.07) is 30.7. The Balaban J connectivity index is 1.64. The minimum atomic E-state index is 0.0780. The number of para-hydroxylation sites is 1. The third-order valence-corrected chi connectivity index (χ3v) is 6.02. The van der Waals surface area contributed by atoms with Gasteiger partial charge in [0.15, 0.2) is 0 Å². The van der Waals surface area contributed by atoms with Gasteiger partial charge in [0.05, 0.1) is 16.9 Å². The third kappa shape index (κ3) is 3.96. The molecule has 0 bridgehead atoms. The van der Waals surface area contributed by atoms with E-state index >= 15 is 0 Å². The van der Waals surface area contributed by atoms with Crippen molar-refractivity contribution in [3.05, 3.63) is 108 Å². The van der Waals surface area contributed by atoms with Crippen molar-refractivity contribution in [3.63, 3.8) is 0 Å². The second-order valence-electron chi connectivity index (χ2n) is 8.29. The summed E-state index contributed by atoms with van der Waals surface area (Å²) in [4.78, 5) is 16.2. The third-order valence-electron chi connectivity index (χ3n) is 6.02. The topological polar surface area (TPSA) is 38.1 Å². The number of aromatic nitrogens is 2. The molecular formula is C28H27N3O. The number of carbonyl (C=O) groups is 1. The van der Waals surface area contributed by atoms with Crippen LogP contribution in [0.25, 0.3) is 16.9 Å². The van der Waals surface area contributed by atoms with E-state index in [9.17, 15) is 4.79 Å². The Bertz CT molecular complexity index is 1200. The van der Waals surface area contributed by atoms with E-state index in [1.165, 1.54) is 0 Å². The molecule has 4 nitrogen and oxygen atoms in total. The fourth-order valence-electron chi connectivity index (χ4n) is 4.26. The van der Waals surface area contributed by atoms with E-state index in [2.05, 4.69) is 19.1 Å². The number of hydrogen-bond donors (Lipinski definition) is 0. The molecule has 1 heterocycles. The van der Waals surface area contributed by atoms with Crippen LogP contribution in [0.4, 0.5) is 0 Å². The first-order valence-corrected chi connectivity index (χ1v) is 11.3. The SMILES string of the molecule is CCc1c(C(=O)N(Cc2ccccc2)C2CC2)c(-c2ccccc2)nn1-c1ccccc1. The van der Waals surface area contributed by atoms with Gasteiger partial charge in [0, 0.05) is 18.2 Å². The highest BCUT2D eigenvalue weighted by Gasteiger charge is 2.36. The number of amides is 1. The van der Waals surface area contributed by atoms with E-state index in [4.69, 9.17) is 5.10 Å². The van der Waals surface area contributed by atoms with Gasteiger partial charge in [0.2, 0.25) is 0 Å². The van der Waals surface area contributed by atoms with Crippen molar-refractivity contribution < 1.29 is 4.79 Å². The maximum Gasteiger partial charge on any atom is 0.258 e. The smallest absolute Gasteiger partial charge is 0.258 e. The lowest BCUT2D eigenvalue weighted by Crippen LogP contribution is -2.33.